The molecule has 1 aromatic carbocycles. The molecule has 1 amide bonds. The molecule has 4 rings (SSSR count). The summed E-state index contributed by atoms with van der Waals surface area (Å²) in [7, 11) is 0. The van der Waals surface area contributed by atoms with Gasteiger partial charge in [0, 0.05) is 17.9 Å². The zero-order chi connectivity index (χ0) is 22.6. The van der Waals surface area contributed by atoms with Gasteiger partial charge in [0.2, 0.25) is 5.91 Å². The number of hydrogen-bond acceptors (Lipinski definition) is 4. The lowest BCUT2D eigenvalue weighted by molar-refractivity contribution is -0.142. The Morgan fingerprint density at radius 2 is 1.77 bits per heavy atom. The number of hydrogen-bond donors (Lipinski definition) is 1. The van der Waals surface area contributed by atoms with Crippen LogP contribution in [0.3, 0.4) is 0 Å². The number of likely N-dealkylation sites (tertiary alicyclic amines) is 1. The van der Waals surface area contributed by atoms with Gasteiger partial charge in [-0.05, 0) is 43.2 Å². The van der Waals surface area contributed by atoms with E-state index in [9.17, 15) is 26.7 Å². The van der Waals surface area contributed by atoms with Crippen LogP contribution in [0, 0.1) is 13.8 Å². The van der Waals surface area contributed by atoms with E-state index < -0.39 is 30.9 Å². The molecule has 1 saturated heterocycles. The smallest absolute Gasteiger partial charge is 0.364 e. The average Bonchev–Trinajstić information content (AvgIpc) is 3.06. The number of anilines is 2. The van der Waals surface area contributed by atoms with Gasteiger partial charge in [-0.1, -0.05) is 0 Å². The molecule has 0 spiro atoms. The molecule has 0 aliphatic carbocycles. The molecular weight excluding hydrogens is 421 g/mol. The highest BCUT2D eigenvalue weighted by Crippen LogP contribution is 2.33. The van der Waals surface area contributed by atoms with Gasteiger partial charge >= 0.3 is 6.18 Å². The number of carbonyl (C=O) groups is 1. The largest absolute Gasteiger partial charge is 0.435 e. The van der Waals surface area contributed by atoms with E-state index in [0.717, 1.165) is 22.9 Å². The number of halogens is 5. The molecule has 0 bridgehead atoms. The lowest BCUT2D eigenvalue weighted by atomic mass is 10.1. The SMILES string of the molecule is Cc1cc(N2CCn3nc(C(F)(F)F)cc3C2)cc(C)c1NC(=O)CN1CC(F)(F)C1. The maximum absolute atomic E-state index is 12.9. The van der Waals surface area contributed by atoms with Gasteiger partial charge < -0.3 is 10.2 Å². The van der Waals surface area contributed by atoms with Crippen molar-refractivity contribution in [2.24, 2.45) is 0 Å². The molecule has 3 heterocycles. The first-order valence-corrected chi connectivity index (χ1v) is 9.81. The van der Waals surface area contributed by atoms with E-state index in [1.165, 1.54) is 9.58 Å². The molecule has 2 aliphatic heterocycles. The number of aryl methyl sites for hydroxylation is 2. The minimum absolute atomic E-state index is 0.103. The fourth-order valence-electron chi connectivity index (χ4n) is 4.05. The molecule has 168 valence electrons. The summed E-state index contributed by atoms with van der Waals surface area (Å²) in [4.78, 5) is 15.6. The van der Waals surface area contributed by atoms with Crippen molar-refractivity contribution in [3.05, 3.63) is 40.7 Å². The summed E-state index contributed by atoms with van der Waals surface area (Å²) in [5, 5.41) is 6.43. The molecule has 0 radical (unpaired) electrons. The van der Waals surface area contributed by atoms with Crippen LogP contribution >= 0.6 is 0 Å². The Morgan fingerprint density at radius 3 is 2.35 bits per heavy atom. The minimum Gasteiger partial charge on any atom is -0.364 e. The van der Waals surface area contributed by atoms with Crippen molar-refractivity contribution in [2.45, 2.75) is 39.0 Å². The summed E-state index contributed by atoms with van der Waals surface area (Å²) < 4.78 is 66.0. The zero-order valence-electron chi connectivity index (χ0n) is 17.1. The molecule has 1 N–H and O–H groups in total. The van der Waals surface area contributed by atoms with Crippen LogP contribution in [0.2, 0.25) is 0 Å². The average molecular weight is 443 g/mol. The highest BCUT2D eigenvalue weighted by atomic mass is 19.4. The van der Waals surface area contributed by atoms with Gasteiger partial charge in [0.05, 0.1) is 38.4 Å². The first kappa shape index (κ1) is 21.5. The van der Waals surface area contributed by atoms with Crippen LogP contribution in [0.25, 0.3) is 0 Å². The number of amides is 1. The first-order valence-electron chi connectivity index (χ1n) is 9.81. The summed E-state index contributed by atoms with van der Waals surface area (Å²) in [5.41, 5.74) is 2.60. The van der Waals surface area contributed by atoms with Crippen molar-refractivity contribution < 1.29 is 26.7 Å². The van der Waals surface area contributed by atoms with Crippen molar-refractivity contribution in [1.29, 1.82) is 0 Å². The van der Waals surface area contributed by atoms with Crippen LogP contribution < -0.4 is 10.2 Å². The summed E-state index contributed by atoms with van der Waals surface area (Å²) in [6.45, 7) is 3.82. The number of alkyl halides is 5. The third-order valence-corrected chi connectivity index (χ3v) is 5.51. The Labute approximate surface area is 175 Å². The Morgan fingerprint density at radius 1 is 1.13 bits per heavy atom. The normalized spacial score (nSPS) is 18.5. The highest BCUT2D eigenvalue weighted by Gasteiger charge is 2.44. The van der Waals surface area contributed by atoms with Crippen LogP contribution in [0.4, 0.5) is 33.3 Å². The van der Waals surface area contributed by atoms with Crippen molar-refractivity contribution >= 4 is 17.3 Å². The second-order valence-electron chi connectivity index (χ2n) is 8.17. The van der Waals surface area contributed by atoms with E-state index in [1.54, 1.807) is 0 Å². The van der Waals surface area contributed by atoms with E-state index in [0.29, 0.717) is 24.5 Å². The quantitative estimate of drug-likeness (QED) is 0.736. The van der Waals surface area contributed by atoms with Crippen molar-refractivity contribution in [3.8, 4) is 0 Å². The van der Waals surface area contributed by atoms with Crippen molar-refractivity contribution in [1.82, 2.24) is 14.7 Å². The molecule has 1 aromatic heterocycles. The fourth-order valence-corrected chi connectivity index (χ4v) is 4.05. The Bertz CT molecular complexity index is 985. The topological polar surface area (TPSA) is 53.4 Å². The van der Waals surface area contributed by atoms with Gasteiger partial charge in [0.15, 0.2) is 5.69 Å². The molecule has 0 unspecified atom stereocenters. The Kier molecular flexibility index (Phi) is 5.19. The van der Waals surface area contributed by atoms with Crippen LogP contribution in [0.1, 0.15) is 22.5 Å². The lowest BCUT2D eigenvalue weighted by Crippen LogP contribution is -2.57. The number of nitrogens with zero attached hydrogens (tertiary/aromatic N) is 4. The third kappa shape index (κ3) is 4.51. The molecule has 31 heavy (non-hydrogen) atoms. The Hall–Kier alpha value is -2.69. The number of aromatic nitrogens is 2. The molecule has 1 fully saturated rings. The number of carbonyl (C=O) groups excluding carboxylic acids is 1. The van der Waals surface area contributed by atoms with Crippen molar-refractivity contribution in [3.63, 3.8) is 0 Å². The van der Waals surface area contributed by atoms with E-state index in [2.05, 4.69) is 10.4 Å². The van der Waals surface area contributed by atoms with Crippen LogP contribution in [0.5, 0.6) is 0 Å². The summed E-state index contributed by atoms with van der Waals surface area (Å²) >= 11 is 0. The second kappa shape index (κ2) is 7.47. The van der Waals surface area contributed by atoms with Crippen LogP contribution in [-0.4, -0.2) is 52.7 Å². The standard InChI is InChI=1S/C20H22F5N5O/c1-12-5-14(29-3-4-30-15(8-29)7-16(27-30)20(23,24)25)6-13(2)18(12)26-17(31)9-28-10-19(21,22)11-28/h5-7H,3-4,8-11H2,1-2H3,(H,26,31). The number of nitrogens with one attached hydrogen (secondary N) is 1. The third-order valence-electron chi connectivity index (χ3n) is 5.51. The van der Waals surface area contributed by atoms with Crippen molar-refractivity contribution in [2.75, 3.05) is 36.4 Å². The molecule has 11 heteroatoms. The Balaban J connectivity index is 1.45. The van der Waals surface area contributed by atoms with E-state index in [1.807, 2.05) is 30.9 Å². The minimum atomic E-state index is -4.48. The molecule has 2 aromatic rings. The lowest BCUT2D eigenvalue weighted by Gasteiger charge is -2.38. The predicted molar refractivity (Wildman–Crippen MR) is 104 cm³/mol. The number of fused-ring (bicyclic) bond motifs is 1. The summed E-state index contributed by atoms with van der Waals surface area (Å²) in [5.74, 6) is -3.09. The van der Waals surface area contributed by atoms with E-state index in [-0.39, 0.29) is 19.0 Å². The number of rotatable bonds is 4. The summed E-state index contributed by atoms with van der Waals surface area (Å²) in [6, 6.07) is 4.79. The van der Waals surface area contributed by atoms with Gasteiger partial charge in [0.1, 0.15) is 0 Å². The first-order chi connectivity index (χ1) is 14.4. The van der Waals surface area contributed by atoms with Gasteiger partial charge in [-0.15, -0.1) is 0 Å². The van der Waals surface area contributed by atoms with Gasteiger partial charge in [-0.2, -0.15) is 18.3 Å². The van der Waals surface area contributed by atoms with Gasteiger partial charge in [-0.25, -0.2) is 8.78 Å². The monoisotopic (exact) mass is 443 g/mol. The van der Waals surface area contributed by atoms with Gasteiger partial charge in [-0.3, -0.25) is 14.4 Å². The molecule has 6 nitrogen and oxygen atoms in total. The van der Waals surface area contributed by atoms with Gasteiger partial charge in [0.25, 0.3) is 5.92 Å². The van der Waals surface area contributed by atoms with E-state index >= 15 is 0 Å². The fraction of sp³-hybridized carbons (Fsp3) is 0.500. The molecular formula is C20H22F5N5O. The highest BCUT2D eigenvalue weighted by molar-refractivity contribution is 5.94. The van der Waals surface area contributed by atoms with Crippen LogP contribution in [0.15, 0.2) is 18.2 Å². The predicted octanol–water partition coefficient (Wildman–Crippen LogP) is 3.43. The van der Waals surface area contributed by atoms with E-state index in [4.69, 9.17) is 0 Å². The molecule has 2 aliphatic rings. The molecule has 0 atom stereocenters. The molecule has 0 saturated carbocycles. The van der Waals surface area contributed by atoms with Crippen LogP contribution in [-0.2, 0) is 24.1 Å². The zero-order valence-corrected chi connectivity index (χ0v) is 17.1. The summed E-state index contributed by atoms with van der Waals surface area (Å²) in [6.07, 6.45) is -4.48. The maximum Gasteiger partial charge on any atom is 0.435 e. The maximum atomic E-state index is 12.9. The number of benzene rings is 1. The second-order valence-corrected chi connectivity index (χ2v) is 8.17.